The fourth-order valence-corrected chi connectivity index (χ4v) is 5.65. The maximum absolute atomic E-state index is 11.0. The molecule has 3 aliphatic rings. The summed E-state index contributed by atoms with van der Waals surface area (Å²) in [6.45, 7) is 4.89. The van der Waals surface area contributed by atoms with E-state index in [0.717, 1.165) is 18.7 Å². The highest BCUT2D eigenvalue weighted by Crippen LogP contribution is 2.54. The summed E-state index contributed by atoms with van der Waals surface area (Å²) in [4.78, 5) is 30.1. The SMILES string of the molecule is CC(C)C(OC(=O)O)Oc1ccc2c(c1)[C@@]13CCCC[C@H]1[C@@H](C2)NCC3.O=C(O)/C=C/C(=O)O. The van der Waals surface area contributed by atoms with Crippen LogP contribution in [0.15, 0.2) is 30.4 Å². The fourth-order valence-electron chi connectivity index (χ4n) is 5.65. The second kappa shape index (κ2) is 10.9. The van der Waals surface area contributed by atoms with Crippen LogP contribution in [0.2, 0.25) is 0 Å². The van der Waals surface area contributed by atoms with Gasteiger partial charge in [-0.3, -0.25) is 0 Å². The Bertz CT molecular complexity index is 923. The third kappa shape index (κ3) is 5.88. The summed E-state index contributed by atoms with van der Waals surface area (Å²) >= 11 is 0. The Kier molecular flexibility index (Phi) is 8.19. The monoisotopic (exact) mass is 475 g/mol. The Hall–Kier alpha value is -3.07. The summed E-state index contributed by atoms with van der Waals surface area (Å²) in [5.41, 5.74) is 3.13. The van der Waals surface area contributed by atoms with Crippen LogP contribution in [0.3, 0.4) is 0 Å². The van der Waals surface area contributed by atoms with Crippen molar-refractivity contribution in [1.29, 1.82) is 0 Å². The summed E-state index contributed by atoms with van der Waals surface area (Å²) in [6.07, 6.45) is 6.49. The fraction of sp³-hybridized carbons (Fsp3) is 0.560. The minimum atomic E-state index is -1.30. The lowest BCUT2D eigenvalue weighted by Crippen LogP contribution is -2.59. The normalized spacial score (nSPS) is 25.9. The van der Waals surface area contributed by atoms with E-state index in [1.807, 2.05) is 19.9 Å². The molecule has 1 heterocycles. The number of rotatable bonds is 6. The van der Waals surface area contributed by atoms with Crippen LogP contribution >= 0.6 is 0 Å². The Morgan fingerprint density at radius 2 is 1.79 bits per heavy atom. The van der Waals surface area contributed by atoms with Gasteiger partial charge in [0.15, 0.2) is 0 Å². The average Bonchev–Trinajstić information content (AvgIpc) is 2.77. The third-order valence-electron chi connectivity index (χ3n) is 7.00. The molecule has 1 unspecified atom stereocenters. The molecule has 4 rings (SSSR count). The molecule has 0 radical (unpaired) electrons. The molecule has 34 heavy (non-hydrogen) atoms. The molecule has 2 bridgehead atoms. The van der Waals surface area contributed by atoms with Gasteiger partial charge in [-0.25, -0.2) is 14.4 Å². The summed E-state index contributed by atoms with van der Waals surface area (Å²) < 4.78 is 10.9. The lowest BCUT2D eigenvalue weighted by atomic mass is 9.53. The van der Waals surface area contributed by atoms with Crippen LogP contribution in [0.5, 0.6) is 5.75 Å². The minimum Gasteiger partial charge on any atom is -0.478 e. The molecule has 0 spiro atoms. The van der Waals surface area contributed by atoms with Crippen molar-refractivity contribution in [2.75, 3.05) is 6.54 Å². The van der Waals surface area contributed by atoms with Gasteiger partial charge in [-0.1, -0.05) is 32.8 Å². The van der Waals surface area contributed by atoms with Crippen molar-refractivity contribution >= 4 is 18.1 Å². The van der Waals surface area contributed by atoms with E-state index in [0.29, 0.717) is 24.1 Å². The van der Waals surface area contributed by atoms with Crippen molar-refractivity contribution in [2.45, 2.75) is 70.1 Å². The van der Waals surface area contributed by atoms with Gasteiger partial charge >= 0.3 is 18.1 Å². The number of carboxylic acids is 2. The van der Waals surface area contributed by atoms with Gasteiger partial charge in [-0.15, -0.1) is 0 Å². The van der Waals surface area contributed by atoms with Crippen molar-refractivity contribution in [3.05, 3.63) is 41.5 Å². The maximum Gasteiger partial charge on any atom is 0.508 e. The lowest BCUT2D eigenvalue weighted by Gasteiger charge is -2.56. The molecule has 186 valence electrons. The van der Waals surface area contributed by atoms with E-state index < -0.39 is 24.4 Å². The van der Waals surface area contributed by atoms with Gasteiger partial charge in [0, 0.05) is 29.5 Å². The number of benzene rings is 1. The molecule has 0 amide bonds. The molecule has 1 saturated carbocycles. The Balaban J connectivity index is 0.000000350. The minimum absolute atomic E-state index is 0.0500. The highest BCUT2D eigenvalue weighted by Gasteiger charge is 2.51. The van der Waals surface area contributed by atoms with Crippen molar-refractivity contribution in [1.82, 2.24) is 5.32 Å². The summed E-state index contributed by atoms with van der Waals surface area (Å²) in [5, 5.41) is 28.3. The van der Waals surface area contributed by atoms with Crippen molar-refractivity contribution < 1.29 is 39.2 Å². The molecule has 2 fully saturated rings. The highest BCUT2D eigenvalue weighted by atomic mass is 16.8. The van der Waals surface area contributed by atoms with Crippen LogP contribution in [-0.4, -0.2) is 52.3 Å². The van der Waals surface area contributed by atoms with Crippen molar-refractivity contribution in [3.63, 3.8) is 0 Å². The van der Waals surface area contributed by atoms with Crippen LogP contribution in [0.25, 0.3) is 0 Å². The molecule has 9 nitrogen and oxygen atoms in total. The molecular weight excluding hydrogens is 442 g/mol. The smallest absolute Gasteiger partial charge is 0.478 e. The van der Waals surface area contributed by atoms with Crippen LogP contribution < -0.4 is 10.1 Å². The molecule has 4 atom stereocenters. The molecule has 1 aliphatic heterocycles. The van der Waals surface area contributed by atoms with Crippen molar-refractivity contribution in [2.24, 2.45) is 11.8 Å². The second-order valence-corrected chi connectivity index (χ2v) is 9.47. The molecule has 4 N–H and O–H groups in total. The first-order chi connectivity index (χ1) is 16.1. The summed E-state index contributed by atoms with van der Waals surface area (Å²) in [7, 11) is 0. The standard InChI is InChI=1S/C21H29NO4.C4H4O4/c1-13(2)19(26-20(23)24)25-15-7-6-14-11-18-16-5-3-4-8-21(16,9-10-22-18)17(14)12-15;5-3(6)1-2-4(7)8/h6-7,12-13,16,18-19,22H,3-5,8-11H2,1-2H3,(H,23,24);1-2H,(H,5,6)(H,7,8)/b;2-1+/t16-,18+,19?,21+;/m0./s1. The lowest BCUT2D eigenvalue weighted by molar-refractivity contribution is -0.134. The molecule has 1 aromatic carbocycles. The predicted octanol–water partition coefficient (Wildman–Crippen LogP) is 3.80. The first kappa shape index (κ1) is 25.6. The molecular formula is C25H33NO8. The maximum atomic E-state index is 11.0. The quantitative estimate of drug-likeness (QED) is 0.274. The number of fused-ring (bicyclic) bond motifs is 1. The Morgan fingerprint density at radius 3 is 2.41 bits per heavy atom. The molecule has 1 aromatic rings. The summed E-state index contributed by atoms with van der Waals surface area (Å²) in [6, 6.07) is 6.92. The van der Waals surface area contributed by atoms with Crippen LogP contribution in [0.4, 0.5) is 4.79 Å². The number of piperidine rings is 1. The van der Waals surface area contributed by atoms with E-state index in [-0.39, 0.29) is 11.3 Å². The number of carboxylic acid groups (broad SMARTS) is 3. The van der Waals surface area contributed by atoms with E-state index in [2.05, 4.69) is 17.4 Å². The van der Waals surface area contributed by atoms with Gasteiger partial charge in [0.05, 0.1) is 0 Å². The molecule has 1 saturated heterocycles. The number of nitrogens with one attached hydrogen (secondary N) is 1. The molecule has 0 aromatic heterocycles. The first-order valence-electron chi connectivity index (χ1n) is 11.7. The summed E-state index contributed by atoms with van der Waals surface area (Å²) in [5.74, 6) is -1.13. The third-order valence-corrected chi connectivity index (χ3v) is 7.00. The van der Waals surface area contributed by atoms with Gasteiger partial charge in [-0.2, -0.15) is 0 Å². The molecule has 9 heteroatoms. The zero-order valence-electron chi connectivity index (χ0n) is 19.5. The second-order valence-electron chi connectivity index (χ2n) is 9.47. The van der Waals surface area contributed by atoms with E-state index >= 15 is 0 Å². The van der Waals surface area contributed by atoms with Crippen LogP contribution in [-0.2, 0) is 26.2 Å². The zero-order chi connectivity index (χ0) is 24.9. The van der Waals surface area contributed by atoms with Crippen molar-refractivity contribution in [3.8, 4) is 5.75 Å². The van der Waals surface area contributed by atoms with Gasteiger partial charge in [-0.05, 0) is 61.4 Å². The number of hydrogen-bond donors (Lipinski definition) is 4. The van der Waals surface area contributed by atoms with E-state index in [4.69, 9.17) is 24.8 Å². The van der Waals surface area contributed by atoms with E-state index in [1.54, 1.807) is 0 Å². The van der Waals surface area contributed by atoms with Gasteiger partial charge < -0.3 is 30.1 Å². The van der Waals surface area contributed by atoms with Crippen LogP contribution in [0, 0.1) is 11.8 Å². The zero-order valence-corrected chi connectivity index (χ0v) is 19.5. The van der Waals surface area contributed by atoms with E-state index in [9.17, 15) is 14.4 Å². The Morgan fingerprint density at radius 1 is 1.09 bits per heavy atom. The van der Waals surface area contributed by atoms with E-state index in [1.165, 1.54) is 43.2 Å². The number of hydrogen-bond acceptors (Lipinski definition) is 6. The van der Waals surface area contributed by atoms with Gasteiger partial charge in [0.1, 0.15) is 5.75 Å². The number of carbonyl (C=O) groups is 3. The predicted molar refractivity (Wildman–Crippen MR) is 123 cm³/mol. The first-order valence-corrected chi connectivity index (χ1v) is 11.7. The number of ether oxygens (including phenoxy) is 2. The Labute approximate surface area is 198 Å². The highest BCUT2D eigenvalue weighted by molar-refractivity contribution is 5.89. The van der Waals surface area contributed by atoms with Gasteiger partial charge in [0.25, 0.3) is 0 Å². The topological polar surface area (TPSA) is 142 Å². The molecule has 2 aliphatic carbocycles. The largest absolute Gasteiger partial charge is 0.508 e. The van der Waals surface area contributed by atoms with Crippen LogP contribution in [0.1, 0.15) is 57.1 Å². The average molecular weight is 476 g/mol. The van der Waals surface area contributed by atoms with Gasteiger partial charge in [0.2, 0.25) is 6.29 Å². The number of aliphatic carboxylic acids is 2.